The van der Waals surface area contributed by atoms with Crippen molar-refractivity contribution in [2.45, 2.75) is 57.9 Å². The van der Waals surface area contributed by atoms with Crippen molar-refractivity contribution in [1.29, 1.82) is 0 Å². The maximum atomic E-state index is 12.1. The van der Waals surface area contributed by atoms with Gasteiger partial charge in [-0.15, -0.1) is 0 Å². The Kier molecular flexibility index (Phi) is 7.59. The van der Waals surface area contributed by atoms with Crippen LogP contribution in [-0.4, -0.2) is 31.1 Å². The van der Waals surface area contributed by atoms with Gasteiger partial charge in [-0.05, 0) is 31.9 Å². The largest absolute Gasteiger partial charge is 0.462 e. The van der Waals surface area contributed by atoms with Crippen LogP contribution in [0.4, 0.5) is 5.69 Å². The van der Waals surface area contributed by atoms with E-state index in [-0.39, 0.29) is 11.9 Å². The number of hydrogen-bond acceptors (Lipinski definition) is 4. The summed E-state index contributed by atoms with van der Waals surface area (Å²) in [6, 6.07) is 7.54. The summed E-state index contributed by atoms with van der Waals surface area (Å²) in [5.41, 5.74) is 1.21. The number of benzene rings is 1. The van der Waals surface area contributed by atoms with E-state index < -0.39 is 0 Å². The SMILES string of the molecule is CCOC(=O)c1ccccc1NCCC(=O)NC1CCCCCC1. The Morgan fingerprint density at radius 2 is 1.83 bits per heavy atom. The van der Waals surface area contributed by atoms with Gasteiger partial charge in [0, 0.05) is 24.7 Å². The Morgan fingerprint density at radius 1 is 1.12 bits per heavy atom. The number of hydrogen-bond donors (Lipinski definition) is 2. The average molecular weight is 332 g/mol. The minimum atomic E-state index is -0.344. The predicted molar refractivity (Wildman–Crippen MR) is 95.1 cm³/mol. The van der Waals surface area contributed by atoms with E-state index in [0.717, 1.165) is 12.8 Å². The first-order valence-corrected chi connectivity index (χ1v) is 9.00. The minimum absolute atomic E-state index is 0.0722. The van der Waals surface area contributed by atoms with Gasteiger partial charge in [0.2, 0.25) is 5.91 Å². The molecular formula is C19H28N2O3. The third kappa shape index (κ3) is 5.87. The fourth-order valence-corrected chi connectivity index (χ4v) is 3.06. The summed E-state index contributed by atoms with van der Waals surface area (Å²) < 4.78 is 5.05. The van der Waals surface area contributed by atoms with Gasteiger partial charge >= 0.3 is 5.97 Å². The molecular weight excluding hydrogens is 304 g/mol. The molecule has 1 aliphatic carbocycles. The number of nitrogens with one attached hydrogen (secondary N) is 2. The molecule has 2 N–H and O–H groups in total. The predicted octanol–water partition coefficient (Wildman–Crippen LogP) is 3.50. The average Bonchev–Trinajstić information content (AvgIpc) is 2.84. The van der Waals surface area contributed by atoms with E-state index in [9.17, 15) is 9.59 Å². The highest BCUT2D eigenvalue weighted by molar-refractivity contribution is 5.95. The molecule has 0 aromatic heterocycles. The number of carbonyl (C=O) groups excluding carboxylic acids is 2. The number of esters is 1. The van der Waals surface area contributed by atoms with E-state index in [1.807, 2.05) is 12.1 Å². The first-order chi connectivity index (χ1) is 11.7. The van der Waals surface area contributed by atoms with Gasteiger partial charge in [-0.25, -0.2) is 4.79 Å². The third-order valence-electron chi connectivity index (χ3n) is 4.31. The molecule has 2 rings (SSSR count). The van der Waals surface area contributed by atoms with Crippen molar-refractivity contribution in [3.05, 3.63) is 29.8 Å². The lowest BCUT2D eigenvalue weighted by Crippen LogP contribution is -2.35. The van der Waals surface area contributed by atoms with Crippen LogP contribution in [0.1, 0.15) is 62.2 Å². The van der Waals surface area contributed by atoms with E-state index in [0.29, 0.717) is 36.9 Å². The zero-order chi connectivity index (χ0) is 17.2. The normalized spacial score (nSPS) is 15.4. The van der Waals surface area contributed by atoms with Crippen LogP contribution in [0.5, 0.6) is 0 Å². The quantitative estimate of drug-likeness (QED) is 0.592. The molecule has 0 unspecified atom stereocenters. The third-order valence-corrected chi connectivity index (χ3v) is 4.31. The van der Waals surface area contributed by atoms with Crippen LogP contribution in [0.3, 0.4) is 0 Å². The molecule has 1 fully saturated rings. The summed E-state index contributed by atoms with van der Waals surface area (Å²) >= 11 is 0. The second-order valence-electron chi connectivity index (χ2n) is 6.20. The maximum Gasteiger partial charge on any atom is 0.340 e. The molecule has 1 aromatic rings. The second kappa shape index (κ2) is 9.96. The Labute approximate surface area is 144 Å². The molecule has 1 aliphatic rings. The highest BCUT2D eigenvalue weighted by Crippen LogP contribution is 2.18. The van der Waals surface area contributed by atoms with Crippen molar-refractivity contribution < 1.29 is 14.3 Å². The van der Waals surface area contributed by atoms with Gasteiger partial charge < -0.3 is 15.4 Å². The van der Waals surface area contributed by atoms with Crippen molar-refractivity contribution in [3.8, 4) is 0 Å². The van der Waals surface area contributed by atoms with Crippen molar-refractivity contribution in [2.75, 3.05) is 18.5 Å². The fourth-order valence-electron chi connectivity index (χ4n) is 3.06. The lowest BCUT2D eigenvalue weighted by Gasteiger charge is -2.16. The van der Waals surface area contributed by atoms with Crippen LogP contribution in [0, 0.1) is 0 Å². The fraction of sp³-hybridized carbons (Fsp3) is 0.579. The zero-order valence-electron chi connectivity index (χ0n) is 14.5. The molecule has 0 atom stereocenters. The summed E-state index contributed by atoms with van der Waals surface area (Å²) in [5.74, 6) is -0.272. The lowest BCUT2D eigenvalue weighted by molar-refractivity contribution is -0.121. The summed E-state index contributed by atoms with van der Waals surface area (Å²) in [4.78, 5) is 24.0. The van der Waals surface area contributed by atoms with E-state index >= 15 is 0 Å². The zero-order valence-corrected chi connectivity index (χ0v) is 14.5. The van der Waals surface area contributed by atoms with Gasteiger partial charge in [0.25, 0.3) is 0 Å². The molecule has 5 nitrogen and oxygen atoms in total. The topological polar surface area (TPSA) is 67.4 Å². The standard InChI is InChI=1S/C19H28N2O3/c1-2-24-19(23)16-11-7-8-12-17(16)20-14-13-18(22)21-15-9-5-3-4-6-10-15/h7-8,11-12,15,20H,2-6,9-10,13-14H2,1H3,(H,21,22). The van der Waals surface area contributed by atoms with Gasteiger partial charge in [0.1, 0.15) is 0 Å². The van der Waals surface area contributed by atoms with Gasteiger partial charge in [0.05, 0.1) is 12.2 Å². The molecule has 0 bridgehead atoms. The van der Waals surface area contributed by atoms with Crippen LogP contribution in [0.25, 0.3) is 0 Å². The summed E-state index contributed by atoms with van der Waals surface area (Å²) in [5, 5.41) is 6.30. The molecule has 0 saturated heterocycles. The van der Waals surface area contributed by atoms with Crippen LogP contribution < -0.4 is 10.6 Å². The monoisotopic (exact) mass is 332 g/mol. The maximum absolute atomic E-state index is 12.1. The number of para-hydroxylation sites is 1. The molecule has 0 spiro atoms. The highest BCUT2D eigenvalue weighted by Gasteiger charge is 2.15. The number of anilines is 1. The number of amides is 1. The van der Waals surface area contributed by atoms with Gasteiger partial charge in [-0.1, -0.05) is 37.8 Å². The van der Waals surface area contributed by atoms with Gasteiger partial charge in [-0.3, -0.25) is 4.79 Å². The second-order valence-corrected chi connectivity index (χ2v) is 6.20. The summed E-state index contributed by atoms with van der Waals surface area (Å²) in [6.45, 7) is 2.62. The minimum Gasteiger partial charge on any atom is -0.462 e. The molecule has 0 heterocycles. The number of ether oxygens (including phenoxy) is 1. The first kappa shape index (κ1) is 18.3. The Hall–Kier alpha value is -2.04. The smallest absolute Gasteiger partial charge is 0.340 e. The lowest BCUT2D eigenvalue weighted by atomic mass is 10.1. The summed E-state index contributed by atoms with van der Waals surface area (Å²) in [6.07, 6.45) is 7.53. The molecule has 0 aliphatic heterocycles. The van der Waals surface area contributed by atoms with Crippen molar-refractivity contribution >= 4 is 17.6 Å². The van der Waals surface area contributed by atoms with E-state index in [1.165, 1.54) is 25.7 Å². The molecule has 24 heavy (non-hydrogen) atoms. The van der Waals surface area contributed by atoms with E-state index in [4.69, 9.17) is 4.74 Å². The molecule has 1 saturated carbocycles. The Morgan fingerprint density at radius 3 is 2.54 bits per heavy atom. The van der Waals surface area contributed by atoms with E-state index in [1.54, 1.807) is 19.1 Å². The molecule has 1 amide bonds. The highest BCUT2D eigenvalue weighted by atomic mass is 16.5. The van der Waals surface area contributed by atoms with Gasteiger partial charge in [-0.2, -0.15) is 0 Å². The van der Waals surface area contributed by atoms with Crippen molar-refractivity contribution in [1.82, 2.24) is 5.32 Å². The van der Waals surface area contributed by atoms with Crippen molar-refractivity contribution in [2.24, 2.45) is 0 Å². The molecule has 5 heteroatoms. The van der Waals surface area contributed by atoms with Crippen LogP contribution in [0.2, 0.25) is 0 Å². The van der Waals surface area contributed by atoms with Crippen LogP contribution in [-0.2, 0) is 9.53 Å². The van der Waals surface area contributed by atoms with Crippen LogP contribution in [0.15, 0.2) is 24.3 Å². The summed E-state index contributed by atoms with van der Waals surface area (Å²) in [7, 11) is 0. The van der Waals surface area contributed by atoms with Crippen LogP contribution >= 0.6 is 0 Å². The molecule has 132 valence electrons. The van der Waals surface area contributed by atoms with Crippen molar-refractivity contribution in [3.63, 3.8) is 0 Å². The first-order valence-electron chi connectivity index (χ1n) is 9.00. The number of carbonyl (C=O) groups is 2. The Bertz CT molecular complexity index is 537. The molecule has 0 radical (unpaired) electrons. The Balaban J connectivity index is 1.79. The number of rotatable bonds is 7. The molecule has 1 aromatic carbocycles. The van der Waals surface area contributed by atoms with Gasteiger partial charge in [0.15, 0.2) is 0 Å². The van der Waals surface area contributed by atoms with E-state index in [2.05, 4.69) is 10.6 Å².